The number of halogens is 2. The summed E-state index contributed by atoms with van der Waals surface area (Å²) in [6.07, 6.45) is 0. The molecule has 7 heteroatoms. The third-order valence-corrected chi connectivity index (χ3v) is 3.49. The molecular formula is C10H6Cl2N2O2S. The van der Waals surface area contributed by atoms with Gasteiger partial charge in [0.2, 0.25) is 0 Å². The maximum atomic E-state index is 11.7. The van der Waals surface area contributed by atoms with Gasteiger partial charge in [0.25, 0.3) is 5.56 Å². The summed E-state index contributed by atoms with van der Waals surface area (Å²) in [5.74, 6) is 0. The topological polar surface area (TPSA) is 51.1 Å². The first-order chi connectivity index (χ1) is 8.08. The van der Waals surface area contributed by atoms with Crippen LogP contribution in [0.2, 0.25) is 10.0 Å². The van der Waals surface area contributed by atoms with Gasteiger partial charge >= 0.3 is 6.03 Å². The number of hydrogen-bond donors (Lipinski definition) is 1. The van der Waals surface area contributed by atoms with E-state index in [1.165, 1.54) is 17.5 Å². The minimum atomic E-state index is -0.525. The van der Waals surface area contributed by atoms with Crippen molar-refractivity contribution in [1.29, 1.82) is 0 Å². The Balaban J connectivity index is 2.22. The molecule has 1 aromatic heterocycles. The molecule has 4 nitrogen and oxygen atoms in total. The van der Waals surface area contributed by atoms with Gasteiger partial charge in [0.15, 0.2) is 0 Å². The van der Waals surface area contributed by atoms with Gasteiger partial charge in [-0.05, 0) is 18.2 Å². The van der Waals surface area contributed by atoms with E-state index in [0.29, 0.717) is 15.7 Å². The Morgan fingerprint density at radius 1 is 1.24 bits per heavy atom. The number of amides is 1. The van der Waals surface area contributed by atoms with Crippen LogP contribution in [-0.4, -0.2) is 9.99 Å². The Morgan fingerprint density at radius 3 is 2.59 bits per heavy atom. The van der Waals surface area contributed by atoms with E-state index in [2.05, 4.69) is 5.32 Å². The summed E-state index contributed by atoms with van der Waals surface area (Å²) in [6, 6.07) is 5.48. The van der Waals surface area contributed by atoms with E-state index in [1.54, 1.807) is 12.1 Å². The van der Waals surface area contributed by atoms with Gasteiger partial charge in [-0.15, -0.1) is 0 Å². The van der Waals surface area contributed by atoms with Gasteiger partial charge in [-0.25, -0.2) is 4.79 Å². The first-order valence-corrected chi connectivity index (χ1v) is 6.10. The quantitative estimate of drug-likeness (QED) is 0.875. The van der Waals surface area contributed by atoms with Crippen molar-refractivity contribution in [3.63, 3.8) is 0 Å². The highest BCUT2D eigenvalue weighted by molar-refractivity contribution is 7.05. The lowest BCUT2D eigenvalue weighted by Gasteiger charge is -2.05. The van der Waals surface area contributed by atoms with E-state index in [9.17, 15) is 9.59 Å². The standard InChI is InChI=1S/C10H6Cl2N2O2S/c11-7-2-1-6(5-8(7)12)13-10(16)14-9(15)3-4-17-14/h1-5H,(H,13,16). The highest BCUT2D eigenvalue weighted by Gasteiger charge is 2.09. The molecule has 0 saturated carbocycles. The molecule has 0 fully saturated rings. The van der Waals surface area contributed by atoms with Gasteiger partial charge in [-0.2, -0.15) is 3.96 Å². The third kappa shape index (κ3) is 2.69. The van der Waals surface area contributed by atoms with Crippen LogP contribution in [0.4, 0.5) is 10.5 Å². The highest BCUT2D eigenvalue weighted by atomic mass is 35.5. The Bertz CT molecular complexity index is 621. The second-order valence-electron chi connectivity index (χ2n) is 3.10. The maximum absolute atomic E-state index is 11.7. The molecule has 0 aliphatic rings. The van der Waals surface area contributed by atoms with Gasteiger partial charge in [0, 0.05) is 17.1 Å². The lowest BCUT2D eigenvalue weighted by Crippen LogP contribution is -2.26. The SMILES string of the molecule is O=C(Nc1ccc(Cl)c(Cl)c1)n1sccc1=O. The summed E-state index contributed by atoms with van der Waals surface area (Å²) in [6.45, 7) is 0. The molecule has 2 aromatic rings. The number of anilines is 1. The monoisotopic (exact) mass is 288 g/mol. The molecule has 0 atom stereocenters. The van der Waals surface area contributed by atoms with Gasteiger partial charge in [-0.1, -0.05) is 34.7 Å². The Labute approximate surface area is 111 Å². The first-order valence-electron chi connectivity index (χ1n) is 4.51. The van der Waals surface area contributed by atoms with Crippen LogP contribution in [0.25, 0.3) is 0 Å². The van der Waals surface area contributed by atoms with Crippen molar-refractivity contribution < 1.29 is 4.79 Å². The summed E-state index contributed by atoms with van der Waals surface area (Å²) in [5, 5.41) is 4.82. The fourth-order valence-corrected chi connectivity index (χ4v) is 2.07. The van der Waals surface area contributed by atoms with Crippen molar-refractivity contribution in [2.75, 3.05) is 5.32 Å². The summed E-state index contributed by atoms with van der Waals surface area (Å²) >= 11 is 12.6. The normalized spacial score (nSPS) is 10.2. The smallest absolute Gasteiger partial charge is 0.306 e. The third-order valence-electron chi connectivity index (χ3n) is 1.93. The summed E-state index contributed by atoms with van der Waals surface area (Å²) < 4.78 is 1.00. The first kappa shape index (κ1) is 12.2. The zero-order valence-electron chi connectivity index (χ0n) is 8.31. The maximum Gasteiger partial charge on any atom is 0.342 e. The van der Waals surface area contributed by atoms with Crippen molar-refractivity contribution in [1.82, 2.24) is 3.96 Å². The van der Waals surface area contributed by atoms with E-state index in [-0.39, 0.29) is 5.56 Å². The molecule has 2 rings (SSSR count). The van der Waals surface area contributed by atoms with Gasteiger partial charge in [-0.3, -0.25) is 4.79 Å². The lowest BCUT2D eigenvalue weighted by atomic mass is 10.3. The van der Waals surface area contributed by atoms with E-state index in [0.717, 1.165) is 15.5 Å². The van der Waals surface area contributed by atoms with Crippen molar-refractivity contribution >= 4 is 46.5 Å². The summed E-state index contributed by atoms with van der Waals surface area (Å²) in [4.78, 5) is 22.9. The second-order valence-corrected chi connectivity index (χ2v) is 4.76. The predicted molar refractivity (Wildman–Crippen MR) is 69.5 cm³/mol. The minimum absolute atomic E-state index is 0.336. The molecule has 0 aliphatic heterocycles. The molecule has 1 N–H and O–H groups in total. The van der Waals surface area contributed by atoms with Gasteiger partial charge < -0.3 is 5.32 Å². The van der Waals surface area contributed by atoms with Crippen LogP contribution < -0.4 is 10.9 Å². The molecule has 1 heterocycles. The number of carbonyl (C=O) groups excluding carboxylic acids is 1. The average Bonchev–Trinajstić information content (AvgIpc) is 2.70. The van der Waals surface area contributed by atoms with Crippen LogP contribution in [0.1, 0.15) is 0 Å². The predicted octanol–water partition coefficient (Wildman–Crippen LogP) is 3.30. The molecule has 88 valence electrons. The average molecular weight is 289 g/mol. The Hall–Kier alpha value is -1.30. The van der Waals surface area contributed by atoms with Crippen LogP contribution in [0.15, 0.2) is 34.4 Å². The number of aromatic nitrogens is 1. The zero-order valence-corrected chi connectivity index (χ0v) is 10.6. The summed E-state index contributed by atoms with van der Waals surface area (Å²) in [7, 11) is 0. The fraction of sp³-hybridized carbons (Fsp3) is 0. The van der Waals surface area contributed by atoms with Gasteiger partial charge in [0.1, 0.15) is 0 Å². The molecule has 0 saturated heterocycles. The second kappa shape index (κ2) is 4.91. The van der Waals surface area contributed by atoms with E-state index in [1.807, 2.05) is 0 Å². The molecule has 0 spiro atoms. The van der Waals surface area contributed by atoms with E-state index >= 15 is 0 Å². The number of hydrogen-bond acceptors (Lipinski definition) is 3. The molecule has 1 amide bonds. The number of nitrogens with zero attached hydrogens (tertiary/aromatic N) is 1. The van der Waals surface area contributed by atoms with Crippen molar-refractivity contribution in [3.8, 4) is 0 Å². The lowest BCUT2D eigenvalue weighted by molar-refractivity contribution is 0.255. The van der Waals surface area contributed by atoms with E-state index in [4.69, 9.17) is 23.2 Å². The number of benzene rings is 1. The number of rotatable bonds is 1. The molecule has 0 radical (unpaired) electrons. The van der Waals surface area contributed by atoms with Crippen LogP contribution in [-0.2, 0) is 0 Å². The number of carbonyl (C=O) groups is 1. The molecule has 0 bridgehead atoms. The van der Waals surface area contributed by atoms with E-state index < -0.39 is 6.03 Å². The fourth-order valence-electron chi connectivity index (χ4n) is 1.17. The van der Waals surface area contributed by atoms with Crippen LogP contribution in [0.5, 0.6) is 0 Å². The minimum Gasteiger partial charge on any atom is -0.306 e. The van der Waals surface area contributed by atoms with Crippen molar-refractivity contribution in [2.24, 2.45) is 0 Å². The molecule has 0 unspecified atom stereocenters. The molecule has 0 aliphatic carbocycles. The Kier molecular flexibility index (Phi) is 3.51. The zero-order chi connectivity index (χ0) is 12.4. The van der Waals surface area contributed by atoms with Crippen LogP contribution in [0, 0.1) is 0 Å². The molecular weight excluding hydrogens is 283 g/mol. The summed E-state index contributed by atoms with van der Waals surface area (Å²) in [5.41, 5.74) is 0.109. The number of nitrogens with one attached hydrogen (secondary N) is 1. The Morgan fingerprint density at radius 2 is 2.00 bits per heavy atom. The van der Waals surface area contributed by atoms with Crippen LogP contribution in [0.3, 0.4) is 0 Å². The molecule has 17 heavy (non-hydrogen) atoms. The van der Waals surface area contributed by atoms with Crippen LogP contribution >= 0.6 is 34.7 Å². The largest absolute Gasteiger partial charge is 0.342 e. The van der Waals surface area contributed by atoms with Crippen molar-refractivity contribution in [2.45, 2.75) is 0 Å². The van der Waals surface area contributed by atoms with Crippen molar-refractivity contribution in [3.05, 3.63) is 50.0 Å². The highest BCUT2D eigenvalue weighted by Crippen LogP contribution is 2.25. The van der Waals surface area contributed by atoms with Gasteiger partial charge in [0.05, 0.1) is 10.0 Å². The molecule has 1 aromatic carbocycles.